The second kappa shape index (κ2) is 9.17. The zero-order valence-corrected chi connectivity index (χ0v) is 25.9. The van der Waals surface area contributed by atoms with E-state index >= 15 is 0 Å². The molecular formula is C32H41IO2Si. The molecular weight excluding hydrogens is 571 g/mol. The molecule has 0 heterocycles. The molecule has 192 valence electrons. The highest BCUT2D eigenvalue weighted by atomic mass is 127. The zero-order valence-electron chi connectivity index (χ0n) is 22.7. The third kappa shape index (κ3) is 4.48. The van der Waals surface area contributed by atoms with E-state index < -0.39 is 13.9 Å². The first-order valence-corrected chi connectivity index (χ1v) is 17.6. The van der Waals surface area contributed by atoms with Crippen molar-refractivity contribution in [1.29, 1.82) is 0 Å². The lowest BCUT2D eigenvalue weighted by Gasteiger charge is -2.52. The van der Waals surface area contributed by atoms with Gasteiger partial charge in [-0.1, -0.05) is 51.7 Å². The third-order valence-corrected chi connectivity index (χ3v) is 15.3. The van der Waals surface area contributed by atoms with Crippen LogP contribution in [-0.2, 0) is 6.42 Å². The Hall–Kier alpha value is -1.29. The molecule has 2 nitrogen and oxygen atoms in total. The summed E-state index contributed by atoms with van der Waals surface area (Å²) in [4.78, 5) is 0. The summed E-state index contributed by atoms with van der Waals surface area (Å²) in [6.07, 6.45) is 6.38. The third-order valence-electron chi connectivity index (χ3n) is 10.3. The van der Waals surface area contributed by atoms with Gasteiger partial charge in [0.15, 0.2) is 0 Å². The molecule has 0 aromatic heterocycles. The van der Waals surface area contributed by atoms with Gasteiger partial charge in [-0.05, 0) is 138 Å². The Morgan fingerprint density at radius 1 is 1.06 bits per heavy atom. The fourth-order valence-electron chi connectivity index (χ4n) is 7.03. The van der Waals surface area contributed by atoms with E-state index in [-0.39, 0.29) is 10.5 Å². The van der Waals surface area contributed by atoms with Crippen LogP contribution in [0, 0.1) is 32.7 Å². The zero-order chi connectivity index (χ0) is 25.9. The number of halogens is 1. The number of hydrogen-bond donors (Lipinski definition) is 1. The van der Waals surface area contributed by atoms with Gasteiger partial charge in [0.25, 0.3) is 0 Å². The fourth-order valence-corrected chi connectivity index (χ4v) is 8.60. The number of hydrogen-bond acceptors (Lipinski definition) is 2. The second-order valence-corrected chi connectivity index (χ2v) is 19.2. The molecule has 5 atom stereocenters. The highest BCUT2D eigenvalue weighted by Crippen LogP contribution is 2.64. The van der Waals surface area contributed by atoms with Crippen LogP contribution < -0.4 is 4.43 Å². The number of rotatable bonds is 2. The first kappa shape index (κ1) is 26.3. The van der Waals surface area contributed by atoms with Crippen molar-refractivity contribution < 1.29 is 9.53 Å². The molecule has 2 aromatic rings. The Morgan fingerprint density at radius 2 is 1.83 bits per heavy atom. The van der Waals surface area contributed by atoms with Gasteiger partial charge in [-0.15, -0.1) is 0 Å². The van der Waals surface area contributed by atoms with Gasteiger partial charge in [-0.3, -0.25) is 0 Å². The normalized spacial score (nSPS) is 31.5. The lowest BCUT2D eigenvalue weighted by atomic mass is 9.53. The number of aliphatic hydroxyl groups is 1. The maximum absolute atomic E-state index is 11.9. The summed E-state index contributed by atoms with van der Waals surface area (Å²) >= 11 is 2.33. The highest BCUT2D eigenvalue weighted by molar-refractivity contribution is 14.1. The van der Waals surface area contributed by atoms with E-state index in [1.165, 1.54) is 21.1 Å². The molecule has 2 aromatic carbocycles. The summed E-state index contributed by atoms with van der Waals surface area (Å²) in [6.45, 7) is 13.9. The van der Waals surface area contributed by atoms with Gasteiger partial charge < -0.3 is 9.53 Å². The van der Waals surface area contributed by atoms with Crippen LogP contribution in [0.2, 0.25) is 18.1 Å². The average molecular weight is 613 g/mol. The SMILES string of the molecule is CC(C)(C)[Si](C)(C)Oc1ccc2c(c1)CC[C@@H]1[C@@H]2CC[C@@]2(C)[C@H]1CC[C@@]2(O)C#Cc1cccc(I)c1. The standard InChI is InChI=1S/C32H41IO2Si/c1-30(2,3)36(5,6)35-25-11-13-26-23(21-25)10-12-28-27(26)15-17-31(4)29(28)16-19-32(31,34)18-14-22-8-7-9-24(33)20-22/h7-9,11,13,20-21,27-29,34H,10,12,15-17,19H2,1-6H3/t27-,28-,29+,31+,32+/m1/s1. The van der Waals surface area contributed by atoms with Crippen molar-refractivity contribution in [1.82, 2.24) is 0 Å². The van der Waals surface area contributed by atoms with Gasteiger partial charge in [-0.25, -0.2) is 0 Å². The predicted molar refractivity (Wildman–Crippen MR) is 160 cm³/mol. The van der Waals surface area contributed by atoms with Gasteiger partial charge in [0.2, 0.25) is 8.32 Å². The lowest BCUT2D eigenvalue weighted by molar-refractivity contribution is -0.0647. The van der Waals surface area contributed by atoms with Gasteiger partial charge in [0.1, 0.15) is 11.4 Å². The van der Waals surface area contributed by atoms with Crippen molar-refractivity contribution in [2.24, 2.45) is 17.3 Å². The maximum Gasteiger partial charge on any atom is 0.250 e. The minimum absolute atomic E-state index is 0.133. The van der Waals surface area contributed by atoms with Crippen molar-refractivity contribution in [2.45, 2.75) is 95.9 Å². The molecule has 2 fully saturated rings. The predicted octanol–water partition coefficient (Wildman–Crippen LogP) is 8.31. The van der Waals surface area contributed by atoms with Crippen LogP contribution >= 0.6 is 22.6 Å². The number of aryl methyl sites for hydroxylation is 1. The number of benzene rings is 2. The summed E-state index contributed by atoms with van der Waals surface area (Å²) in [7, 11) is -1.85. The van der Waals surface area contributed by atoms with Crippen molar-refractivity contribution in [3.63, 3.8) is 0 Å². The molecule has 1 N–H and O–H groups in total. The van der Waals surface area contributed by atoms with E-state index in [9.17, 15) is 5.11 Å². The highest BCUT2D eigenvalue weighted by Gasteiger charge is 2.61. The quantitative estimate of drug-likeness (QED) is 0.210. The van der Waals surface area contributed by atoms with Crippen LogP contribution in [0.25, 0.3) is 0 Å². The maximum atomic E-state index is 11.9. The molecule has 5 rings (SSSR count). The van der Waals surface area contributed by atoms with Crippen LogP contribution in [-0.4, -0.2) is 19.0 Å². The molecule has 3 aliphatic carbocycles. The number of fused-ring (bicyclic) bond motifs is 5. The molecule has 0 radical (unpaired) electrons. The Morgan fingerprint density at radius 3 is 2.56 bits per heavy atom. The largest absolute Gasteiger partial charge is 0.543 e. The van der Waals surface area contributed by atoms with Gasteiger partial charge >= 0.3 is 0 Å². The topological polar surface area (TPSA) is 29.5 Å². The summed E-state index contributed by atoms with van der Waals surface area (Å²) < 4.78 is 7.82. The smallest absolute Gasteiger partial charge is 0.250 e. The second-order valence-electron chi connectivity index (χ2n) is 13.3. The Bertz CT molecular complexity index is 1220. The Balaban J connectivity index is 1.38. The van der Waals surface area contributed by atoms with Crippen molar-refractivity contribution in [3.8, 4) is 17.6 Å². The van der Waals surface area contributed by atoms with Gasteiger partial charge in [0, 0.05) is 14.5 Å². The van der Waals surface area contributed by atoms with Crippen molar-refractivity contribution in [2.75, 3.05) is 0 Å². The molecule has 2 saturated carbocycles. The first-order chi connectivity index (χ1) is 16.8. The minimum atomic E-state index is -1.85. The summed E-state index contributed by atoms with van der Waals surface area (Å²) in [5.41, 5.74) is 2.99. The lowest BCUT2D eigenvalue weighted by Crippen LogP contribution is -2.50. The molecule has 0 unspecified atom stereocenters. The Kier molecular flexibility index (Phi) is 6.70. The van der Waals surface area contributed by atoms with Crippen LogP contribution in [0.1, 0.15) is 82.4 Å². The van der Waals surface area contributed by atoms with Gasteiger partial charge in [-0.2, -0.15) is 0 Å². The summed E-state index contributed by atoms with van der Waals surface area (Å²) in [5.74, 6) is 9.54. The fraction of sp³-hybridized carbons (Fsp3) is 0.562. The van der Waals surface area contributed by atoms with Crippen molar-refractivity contribution in [3.05, 3.63) is 62.7 Å². The van der Waals surface area contributed by atoms with E-state index in [1.54, 1.807) is 0 Å². The molecule has 0 saturated heterocycles. The molecule has 0 aliphatic heterocycles. The van der Waals surface area contributed by atoms with E-state index in [1.807, 2.05) is 12.1 Å². The van der Waals surface area contributed by atoms with Gasteiger partial charge in [0.05, 0.1) is 0 Å². The molecule has 4 heteroatoms. The van der Waals surface area contributed by atoms with E-state index in [2.05, 4.69) is 106 Å². The monoisotopic (exact) mass is 612 g/mol. The van der Waals surface area contributed by atoms with Crippen LogP contribution in [0.4, 0.5) is 0 Å². The van der Waals surface area contributed by atoms with Crippen LogP contribution in [0.5, 0.6) is 5.75 Å². The van der Waals surface area contributed by atoms with Crippen LogP contribution in [0.3, 0.4) is 0 Å². The molecule has 3 aliphatic rings. The van der Waals surface area contributed by atoms with E-state index in [0.29, 0.717) is 17.8 Å². The summed E-state index contributed by atoms with van der Waals surface area (Å²) in [5, 5.41) is 12.1. The molecule has 0 amide bonds. The average Bonchev–Trinajstić information content (AvgIpc) is 3.07. The summed E-state index contributed by atoms with van der Waals surface area (Å²) in [6, 6.07) is 15.2. The molecule has 36 heavy (non-hydrogen) atoms. The minimum Gasteiger partial charge on any atom is -0.543 e. The first-order valence-electron chi connectivity index (χ1n) is 13.7. The van der Waals surface area contributed by atoms with Crippen molar-refractivity contribution >= 4 is 30.9 Å². The van der Waals surface area contributed by atoms with E-state index in [4.69, 9.17) is 4.43 Å². The molecule has 0 spiro atoms. The van der Waals surface area contributed by atoms with Crippen LogP contribution in [0.15, 0.2) is 42.5 Å². The Labute approximate surface area is 232 Å². The molecule has 0 bridgehead atoms. The van der Waals surface area contributed by atoms with E-state index in [0.717, 1.165) is 43.4 Å².